The molecule has 0 atom stereocenters. The van der Waals surface area contributed by atoms with Crippen LogP contribution >= 0.6 is 11.3 Å². The average molecular weight is 607 g/mol. The number of thiophene rings is 1. The lowest BCUT2D eigenvalue weighted by molar-refractivity contribution is 1.08. The summed E-state index contributed by atoms with van der Waals surface area (Å²) in [4.78, 5) is 15.0. The van der Waals surface area contributed by atoms with Crippen LogP contribution in [0.2, 0.25) is 0 Å². The van der Waals surface area contributed by atoms with Crippen LogP contribution in [0.4, 0.5) is 0 Å². The smallest absolute Gasteiger partial charge is 0.138 e. The molecule has 4 aromatic carbocycles. The molecule has 0 bridgehead atoms. The van der Waals surface area contributed by atoms with Crippen LogP contribution in [0.3, 0.4) is 0 Å². The highest BCUT2D eigenvalue weighted by molar-refractivity contribution is 7.23. The van der Waals surface area contributed by atoms with Crippen molar-refractivity contribution in [3.05, 3.63) is 158 Å². The fraction of sp³-hybridized carbons (Fsp3) is 0. The number of hydrogen-bond donors (Lipinski definition) is 0. The fourth-order valence-corrected chi connectivity index (χ4v) is 7.63. The molecule has 0 spiro atoms. The maximum atomic E-state index is 5.30. The number of aromatic nitrogens is 4. The zero-order chi connectivity index (χ0) is 30.5. The molecule has 0 aliphatic rings. The minimum atomic E-state index is 0.882. The second-order valence-corrected chi connectivity index (χ2v) is 12.4. The lowest BCUT2D eigenvalue weighted by Crippen LogP contribution is -2.00. The molecule has 0 saturated carbocycles. The van der Waals surface area contributed by atoms with Crippen LogP contribution in [0, 0.1) is 0 Å². The quantitative estimate of drug-likeness (QED) is 0.196. The van der Waals surface area contributed by atoms with E-state index in [0.29, 0.717) is 0 Å². The molecule has 0 N–H and O–H groups in total. The van der Waals surface area contributed by atoms with Crippen molar-refractivity contribution in [2.45, 2.75) is 0 Å². The van der Waals surface area contributed by atoms with Crippen LogP contribution in [0.1, 0.15) is 0 Å². The van der Waals surface area contributed by atoms with Crippen molar-refractivity contribution in [3.8, 4) is 49.8 Å². The maximum Gasteiger partial charge on any atom is 0.138 e. The van der Waals surface area contributed by atoms with Crippen LogP contribution < -0.4 is 0 Å². The minimum absolute atomic E-state index is 0.882. The van der Waals surface area contributed by atoms with Gasteiger partial charge in [-0.05, 0) is 87.8 Å². The Bertz CT molecular complexity index is 2500. The predicted molar refractivity (Wildman–Crippen MR) is 191 cm³/mol. The molecule has 0 radical (unpaired) electrons. The number of hydrogen-bond acceptors (Lipinski definition) is 4. The van der Waals surface area contributed by atoms with Crippen molar-refractivity contribution in [1.29, 1.82) is 0 Å². The van der Waals surface area contributed by atoms with Gasteiger partial charge in [-0.15, -0.1) is 11.3 Å². The SMILES string of the molecule is c1ccc(-c2cc3ccc4c(c5ccccc5n4-c4cc(-c5ccc(-c6ccncc6)cc5)cc(-c5ccncc5)n4)c3s2)cc1. The van der Waals surface area contributed by atoms with Gasteiger partial charge in [0.15, 0.2) is 0 Å². The molecule has 9 aromatic rings. The molecular weight excluding hydrogens is 581 g/mol. The second-order valence-electron chi connectivity index (χ2n) is 11.4. The first kappa shape index (κ1) is 26.5. The van der Waals surface area contributed by atoms with Crippen molar-refractivity contribution >= 4 is 43.2 Å². The average Bonchev–Trinajstić information content (AvgIpc) is 3.72. The van der Waals surface area contributed by atoms with Crippen LogP contribution in [-0.2, 0) is 0 Å². The van der Waals surface area contributed by atoms with E-state index >= 15 is 0 Å². The molecule has 0 aliphatic heterocycles. The third-order valence-electron chi connectivity index (χ3n) is 8.63. The maximum absolute atomic E-state index is 5.30. The number of para-hydroxylation sites is 1. The van der Waals surface area contributed by atoms with Gasteiger partial charge >= 0.3 is 0 Å². The van der Waals surface area contributed by atoms with Crippen LogP contribution in [0.5, 0.6) is 0 Å². The van der Waals surface area contributed by atoms with Gasteiger partial charge in [-0.1, -0.05) is 78.9 Å². The fourth-order valence-electron chi connectivity index (χ4n) is 6.41. The highest BCUT2D eigenvalue weighted by atomic mass is 32.1. The van der Waals surface area contributed by atoms with E-state index in [1.807, 2.05) is 60.4 Å². The van der Waals surface area contributed by atoms with Crippen LogP contribution in [0.15, 0.2) is 158 Å². The molecule has 4 nitrogen and oxygen atoms in total. The van der Waals surface area contributed by atoms with E-state index in [9.17, 15) is 0 Å². The summed E-state index contributed by atoms with van der Waals surface area (Å²) in [5.41, 5.74) is 10.0. The second kappa shape index (κ2) is 10.9. The lowest BCUT2D eigenvalue weighted by Gasteiger charge is -2.13. The van der Waals surface area contributed by atoms with Gasteiger partial charge in [-0.25, -0.2) is 4.98 Å². The molecule has 46 heavy (non-hydrogen) atoms. The molecule has 0 unspecified atom stereocenters. The molecule has 0 fully saturated rings. The van der Waals surface area contributed by atoms with Gasteiger partial charge in [-0.2, -0.15) is 0 Å². The van der Waals surface area contributed by atoms with Crippen LogP contribution in [0.25, 0.3) is 81.7 Å². The zero-order valence-corrected chi connectivity index (χ0v) is 25.5. The van der Waals surface area contributed by atoms with Gasteiger partial charge in [0.25, 0.3) is 0 Å². The van der Waals surface area contributed by atoms with Gasteiger partial charge in [0, 0.05) is 50.7 Å². The number of fused-ring (bicyclic) bond motifs is 5. The molecule has 0 aliphatic carbocycles. The van der Waals surface area contributed by atoms with Gasteiger partial charge in [-0.3, -0.25) is 14.5 Å². The summed E-state index contributed by atoms with van der Waals surface area (Å²) in [5, 5.41) is 3.75. The summed E-state index contributed by atoms with van der Waals surface area (Å²) in [6.45, 7) is 0. The van der Waals surface area contributed by atoms with E-state index in [1.54, 1.807) is 0 Å². The van der Waals surface area contributed by atoms with Gasteiger partial charge in [0.1, 0.15) is 5.82 Å². The molecule has 5 heteroatoms. The Hall–Kier alpha value is -5.91. The molecular formula is C41H26N4S. The van der Waals surface area contributed by atoms with Crippen molar-refractivity contribution in [3.63, 3.8) is 0 Å². The van der Waals surface area contributed by atoms with Crippen molar-refractivity contribution in [1.82, 2.24) is 19.5 Å². The largest absolute Gasteiger partial charge is 0.294 e. The molecule has 216 valence electrons. The molecule has 9 rings (SSSR count). The Morgan fingerprint density at radius 1 is 0.478 bits per heavy atom. The summed E-state index contributed by atoms with van der Waals surface area (Å²) in [5.74, 6) is 0.882. The van der Waals surface area contributed by atoms with Gasteiger partial charge in [0.05, 0.1) is 16.7 Å². The Labute approximate surface area is 269 Å². The first-order chi connectivity index (χ1) is 22.8. The van der Waals surface area contributed by atoms with E-state index in [1.165, 1.54) is 31.3 Å². The van der Waals surface area contributed by atoms with E-state index in [0.717, 1.165) is 50.4 Å². The number of pyridine rings is 3. The summed E-state index contributed by atoms with van der Waals surface area (Å²) >= 11 is 1.86. The van der Waals surface area contributed by atoms with E-state index in [-0.39, 0.29) is 0 Å². The summed E-state index contributed by atoms with van der Waals surface area (Å²) in [7, 11) is 0. The molecule has 0 saturated heterocycles. The lowest BCUT2D eigenvalue weighted by atomic mass is 10.00. The summed E-state index contributed by atoms with van der Waals surface area (Å²) in [6, 6.07) is 47.4. The predicted octanol–water partition coefficient (Wildman–Crippen LogP) is 10.9. The highest BCUT2D eigenvalue weighted by Gasteiger charge is 2.19. The molecule has 5 heterocycles. The van der Waals surface area contributed by atoms with Gasteiger partial charge in [0.2, 0.25) is 0 Å². The van der Waals surface area contributed by atoms with Crippen molar-refractivity contribution in [2.75, 3.05) is 0 Å². The zero-order valence-electron chi connectivity index (χ0n) is 24.7. The summed E-state index contributed by atoms with van der Waals surface area (Å²) in [6.07, 6.45) is 7.31. The van der Waals surface area contributed by atoms with Crippen LogP contribution in [-0.4, -0.2) is 19.5 Å². The first-order valence-corrected chi connectivity index (χ1v) is 16.1. The van der Waals surface area contributed by atoms with Crippen molar-refractivity contribution in [2.24, 2.45) is 0 Å². The Morgan fingerprint density at radius 3 is 1.89 bits per heavy atom. The van der Waals surface area contributed by atoms with E-state index in [4.69, 9.17) is 4.98 Å². The van der Waals surface area contributed by atoms with Crippen molar-refractivity contribution < 1.29 is 0 Å². The normalized spacial score (nSPS) is 11.5. The highest BCUT2D eigenvalue weighted by Crippen LogP contribution is 2.43. The third-order valence-corrected chi connectivity index (χ3v) is 9.84. The number of rotatable bonds is 5. The Kier molecular flexibility index (Phi) is 6.28. The molecule has 5 aromatic heterocycles. The third kappa shape index (κ3) is 4.48. The standard InChI is InChI=1S/C41H26N4S/c1-2-6-31(7-3-1)38-25-32-14-15-37-40(41(32)46-38)34-8-4-5-9-36(34)45(37)39-26-33(24-35(44-39)30-18-22-43-23-19-30)28-12-10-27(11-13-28)29-16-20-42-21-17-29/h1-26H. The number of benzene rings is 4. The minimum Gasteiger partial charge on any atom is -0.294 e. The number of nitrogens with zero attached hydrogens (tertiary/aromatic N) is 4. The monoisotopic (exact) mass is 606 g/mol. The Morgan fingerprint density at radius 2 is 1.13 bits per heavy atom. The van der Waals surface area contributed by atoms with E-state index < -0.39 is 0 Å². The topological polar surface area (TPSA) is 43.6 Å². The molecule has 0 amide bonds. The van der Waals surface area contributed by atoms with Gasteiger partial charge < -0.3 is 0 Å². The first-order valence-electron chi connectivity index (χ1n) is 15.2. The summed E-state index contributed by atoms with van der Waals surface area (Å²) < 4.78 is 3.62. The van der Waals surface area contributed by atoms with E-state index in [2.05, 4.69) is 124 Å². The Balaban J connectivity index is 1.27.